The summed E-state index contributed by atoms with van der Waals surface area (Å²) in [5.41, 5.74) is 0.302. The summed E-state index contributed by atoms with van der Waals surface area (Å²) < 4.78 is 11.9. The Balaban J connectivity index is 1.34. The van der Waals surface area contributed by atoms with E-state index in [1.165, 1.54) is 6.42 Å². The van der Waals surface area contributed by atoms with Gasteiger partial charge in [0.25, 0.3) is 0 Å². The second kappa shape index (κ2) is 8.97. The van der Waals surface area contributed by atoms with E-state index in [0.717, 1.165) is 58.1 Å². The monoisotopic (exact) mass is 423 g/mol. The molecule has 0 unspecified atom stereocenters. The second-order valence-corrected chi connectivity index (χ2v) is 11.6. The Morgan fingerprint density at radius 2 is 1.57 bits per heavy atom. The zero-order valence-corrected chi connectivity index (χ0v) is 19.7. The van der Waals surface area contributed by atoms with Crippen LogP contribution >= 0.6 is 0 Å². The zero-order chi connectivity index (χ0) is 21.5. The summed E-state index contributed by atoms with van der Waals surface area (Å²) in [6.07, 6.45) is 8.55. The van der Waals surface area contributed by atoms with Crippen molar-refractivity contribution in [1.82, 2.24) is 4.90 Å². The molecule has 0 heterocycles. The molecule has 174 valence electrons. The van der Waals surface area contributed by atoms with E-state index in [0.29, 0.717) is 36.9 Å². The van der Waals surface area contributed by atoms with Crippen molar-refractivity contribution < 1.29 is 19.7 Å². The molecule has 0 amide bonds. The van der Waals surface area contributed by atoms with Crippen LogP contribution in [0.3, 0.4) is 0 Å². The first-order valence-electron chi connectivity index (χ1n) is 12.5. The van der Waals surface area contributed by atoms with Crippen molar-refractivity contribution >= 4 is 0 Å². The average Bonchev–Trinajstić information content (AvgIpc) is 3.00. The van der Waals surface area contributed by atoms with Crippen molar-refractivity contribution in [2.45, 2.75) is 83.5 Å². The van der Waals surface area contributed by atoms with Crippen LogP contribution in [0.4, 0.5) is 0 Å². The molecule has 4 rings (SSSR count). The molecule has 0 aliphatic heterocycles. The molecule has 0 spiro atoms. The lowest BCUT2D eigenvalue weighted by molar-refractivity contribution is -0.180. The Labute approximate surface area is 183 Å². The van der Waals surface area contributed by atoms with Crippen LogP contribution in [0.25, 0.3) is 0 Å². The van der Waals surface area contributed by atoms with Gasteiger partial charge in [-0.1, -0.05) is 13.8 Å². The van der Waals surface area contributed by atoms with Gasteiger partial charge in [0.15, 0.2) is 0 Å². The standard InChI is InChI=1S/C25H45NO4/c1-24-9-7-17(30-14-13-29-12-11-26(3)4)15-21(24)22(27)16-18-19-5-6-23(28)25(19,2)10-8-20(18)24/h17-23,27-28H,5-16H2,1-4H3/t17-,18-,19-,20-,21+,22-,23-,24+,25-/m0/s1. The molecule has 4 fully saturated rings. The predicted molar refractivity (Wildman–Crippen MR) is 118 cm³/mol. The molecular weight excluding hydrogens is 378 g/mol. The first-order valence-corrected chi connectivity index (χ1v) is 12.5. The van der Waals surface area contributed by atoms with E-state index in [4.69, 9.17) is 9.47 Å². The number of rotatable bonds is 7. The Morgan fingerprint density at radius 1 is 0.833 bits per heavy atom. The number of aliphatic hydroxyl groups is 2. The van der Waals surface area contributed by atoms with Crippen LogP contribution < -0.4 is 0 Å². The van der Waals surface area contributed by atoms with E-state index in [2.05, 4.69) is 32.8 Å². The lowest BCUT2D eigenvalue weighted by atomic mass is 9.44. The molecule has 0 aromatic heterocycles. The van der Waals surface area contributed by atoms with E-state index in [-0.39, 0.29) is 29.1 Å². The summed E-state index contributed by atoms with van der Waals surface area (Å²) in [7, 11) is 4.11. The van der Waals surface area contributed by atoms with Crippen molar-refractivity contribution in [2.24, 2.45) is 34.5 Å². The first kappa shape index (κ1) is 23.0. The summed E-state index contributed by atoms with van der Waals surface area (Å²) in [5.74, 6) is 2.22. The molecule has 0 saturated heterocycles. The van der Waals surface area contributed by atoms with E-state index in [9.17, 15) is 10.2 Å². The minimum Gasteiger partial charge on any atom is -0.393 e. The molecule has 5 heteroatoms. The number of ether oxygens (including phenoxy) is 2. The molecule has 9 atom stereocenters. The van der Waals surface area contributed by atoms with E-state index in [1.54, 1.807) is 0 Å². The molecule has 5 nitrogen and oxygen atoms in total. The molecule has 4 aliphatic rings. The summed E-state index contributed by atoms with van der Waals surface area (Å²) in [4.78, 5) is 2.13. The molecule has 30 heavy (non-hydrogen) atoms. The van der Waals surface area contributed by atoms with Gasteiger partial charge in [0.05, 0.1) is 38.1 Å². The highest BCUT2D eigenvalue weighted by molar-refractivity contribution is 5.11. The summed E-state index contributed by atoms with van der Waals surface area (Å²) >= 11 is 0. The van der Waals surface area contributed by atoms with Crippen molar-refractivity contribution in [2.75, 3.05) is 40.5 Å². The van der Waals surface area contributed by atoms with Crippen molar-refractivity contribution in [3.05, 3.63) is 0 Å². The molecule has 0 bridgehead atoms. The second-order valence-electron chi connectivity index (χ2n) is 11.6. The number of hydrogen-bond donors (Lipinski definition) is 2. The average molecular weight is 424 g/mol. The van der Waals surface area contributed by atoms with Gasteiger partial charge in [-0.05, 0) is 100.0 Å². The molecule has 4 aliphatic carbocycles. The largest absolute Gasteiger partial charge is 0.393 e. The van der Waals surface area contributed by atoms with Crippen LogP contribution in [0.5, 0.6) is 0 Å². The van der Waals surface area contributed by atoms with Crippen molar-refractivity contribution in [3.63, 3.8) is 0 Å². The van der Waals surface area contributed by atoms with Crippen LogP contribution in [0.1, 0.15) is 65.2 Å². The van der Waals surface area contributed by atoms with Gasteiger partial charge in [0, 0.05) is 6.54 Å². The number of fused-ring (bicyclic) bond motifs is 5. The Bertz CT molecular complexity index is 585. The Kier molecular flexibility index (Phi) is 6.87. The summed E-state index contributed by atoms with van der Waals surface area (Å²) in [5, 5.41) is 21.9. The summed E-state index contributed by atoms with van der Waals surface area (Å²) in [6.45, 7) is 7.78. The maximum atomic E-state index is 11.2. The quantitative estimate of drug-likeness (QED) is 0.615. The Morgan fingerprint density at radius 3 is 2.33 bits per heavy atom. The van der Waals surface area contributed by atoms with Crippen LogP contribution in [0, 0.1) is 34.5 Å². The number of hydrogen-bond acceptors (Lipinski definition) is 5. The third-order valence-corrected chi connectivity index (χ3v) is 9.85. The molecular formula is C25H45NO4. The van der Waals surface area contributed by atoms with Crippen LogP contribution in [-0.2, 0) is 9.47 Å². The lowest BCUT2D eigenvalue weighted by Crippen LogP contribution is -2.58. The molecule has 4 saturated carbocycles. The predicted octanol–water partition coefficient (Wildman–Crippen LogP) is 3.32. The molecule has 0 aromatic carbocycles. The van der Waals surface area contributed by atoms with Gasteiger partial charge in [-0.2, -0.15) is 0 Å². The van der Waals surface area contributed by atoms with Crippen LogP contribution in [0.2, 0.25) is 0 Å². The first-order chi connectivity index (χ1) is 14.3. The lowest BCUT2D eigenvalue weighted by Gasteiger charge is -2.62. The maximum absolute atomic E-state index is 11.2. The number of aliphatic hydroxyl groups excluding tert-OH is 2. The van der Waals surface area contributed by atoms with E-state index >= 15 is 0 Å². The summed E-state index contributed by atoms with van der Waals surface area (Å²) in [6, 6.07) is 0. The highest BCUT2D eigenvalue weighted by atomic mass is 16.5. The minimum atomic E-state index is -0.223. The van der Waals surface area contributed by atoms with Gasteiger partial charge in [0.1, 0.15) is 0 Å². The fourth-order valence-electron chi connectivity index (χ4n) is 8.01. The smallest absolute Gasteiger partial charge is 0.0704 e. The van der Waals surface area contributed by atoms with Gasteiger partial charge >= 0.3 is 0 Å². The van der Waals surface area contributed by atoms with Crippen molar-refractivity contribution in [1.29, 1.82) is 0 Å². The normalized spacial score (nSPS) is 48.3. The number of likely N-dealkylation sites (N-methyl/N-ethyl adjacent to an activating group) is 1. The molecule has 2 N–H and O–H groups in total. The van der Waals surface area contributed by atoms with Crippen LogP contribution in [-0.4, -0.2) is 73.9 Å². The third-order valence-electron chi connectivity index (χ3n) is 9.85. The highest BCUT2D eigenvalue weighted by Crippen LogP contribution is 2.66. The topological polar surface area (TPSA) is 62.2 Å². The van der Waals surface area contributed by atoms with Gasteiger partial charge in [-0.25, -0.2) is 0 Å². The third kappa shape index (κ3) is 4.10. The fraction of sp³-hybridized carbons (Fsp3) is 1.00. The van der Waals surface area contributed by atoms with Gasteiger partial charge in [0.2, 0.25) is 0 Å². The van der Waals surface area contributed by atoms with Crippen molar-refractivity contribution in [3.8, 4) is 0 Å². The SMILES string of the molecule is CN(C)CCOCCO[C@H]1CC[C@@]2(C)[C@H](C1)[C@@H](O)C[C@@H]1[C@@H]2CC[C@]2(C)[C@@H](O)CC[C@@H]12. The maximum Gasteiger partial charge on any atom is 0.0704 e. The molecule has 0 aromatic rings. The fourth-order valence-corrected chi connectivity index (χ4v) is 8.01. The highest BCUT2D eigenvalue weighted by Gasteiger charge is 2.62. The van der Waals surface area contributed by atoms with E-state index < -0.39 is 0 Å². The van der Waals surface area contributed by atoms with Crippen LogP contribution in [0.15, 0.2) is 0 Å². The minimum absolute atomic E-state index is 0.0803. The van der Waals surface area contributed by atoms with Gasteiger partial charge in [-0.3, -0.25) is 0 Å². The zero-order valence-electron chi connectivity index (χ0n) is 19.7. The molecule has 0 radical (unpaired) electrons. The van der Waals surface area contributed by atoms with Gasteiger partial charge in [-0.15, -0.1) is 0 Å². The van der Waals surface area contributed by atoms with E-state index in [1.807, 2.05) is 0 Å². The van der Waals surface area contributed by atoms with Gasteiger partial charge < -0.3 is 24.6 Å². The Hall–Kier alpha value is -0.200. The number of nitrogens with zero attached hydrogens (tertiary/aromatic N) is 1.